The number of amides is 2. The third kappa shape index (κ3) is 2.60. The van der Waals surface area contributed by atoms with Crippen LogP contribution in [0.1, 0.15) is 24.0 Å². The second-order valence-electron chi connectivity index (χ2n) is 6.08. The number of fused-ring (bicyclic) bond motifs is 1. The summed E-state index contributed by atoms with van der Waals surface area (Å²) in [4.78, 5) is 24.5. The van der Waals surface area contributed by atoms with E-state index in [2.05, 4.69) is 17.4 Å². The van der Waals surface area contributed by atoms with Crippen LogP contribution < -0.4 is 5.32 Å². The molecule has 5 nitrogen and oxygen atoms in total. The molecule has 1 aromatic carbocycles. The van der Waals surface area contributed by atoms with E-state index in [1.807, 2.05) is 12.1 Å². The number of benzene rings is 1. The topological polar surface area (TPSA) is 69.6 Å². The number of carbonyl (C=O) groups excluding carboxylic acids is 1. The fourth-order valence-corrected chi connectivity index (χ4v) is 3.06. The summed E-state index contributed by atoms with van der Waals surface area (Å²) in [7, 11) is 0. The first-order valence-electron chi connectivity index (χ1n) is 7.39. The molecule has 2 unspecified atom stereocenters. The molecule has 2 amide bonds. The zero-order valence-corrected chi connectivity index (χ0v) is 12.1. The van der Waals surface area contributed by atoms with Crippen LogP contribution in [0.5, 0.6) is 0 Å². The van der Waals surface area contributed by atoms with Crippen LogP contribution in [0.25, 0.3) is 0 Å². The average molecular weight is 288 g/mol. The van der Waals surface area contributed by atoms with Gasteiger partial charge in [0.2, 0.25) is 0 Å². The van der Waals surface area contributed by atoms with E-state index >= 15 is 0 Å². The summed E-state index contributed by atoms with van der Waals surface area (Å²) < 4.78 is 0. The number of hydrogen-bond donors (Lipinski definition) is 2. The van der Waals surface area contributed by atoms with Gasteiger partial charge >= 0.3 is 12.0 Å². The number of carboxylic acid groups (broad SMARTS) is 1. The Morgan fingerprint density at radius 3 is 2.76 bits per heavy atom. The fourth-order valence-electron chi connectivity index (χ4n) is 3.06. The van der Waals surface area contributed by atoms with Crippen molar-refractivity contribution in [3.63, 3.8) is 0 Å². The smallest absolute Gasteiger partial charge is 0.317 e. The van der Waals surface area contributed by atoms with Crippen molar-refractivity contribution in [1.29, 1.82) is 0 Å². The highest BCUT2D eigenvalue weighted by Crippen LogP contribution is 2.34. The van der Waals surface area contributed by atoms with Crippen molar-refractivity contribution < 1.29 is 14.7 Å². The van der Waals surface area contributed by atoms with Crippen molar-refractivity contribution in [2.45, 2.75) is 19.3 Å². The van der Waals surface area contributed by atoms with Gasteiger partial charge in [-0.25, -0.2) is 4.79 Å². The predicted molar refractivity (Wildman–Crippen MR) is 78.1 cm³/mol. The Morgan fingerprint density at radius 1 is 1.38 bits per heavy atom. The van der Waals surface area contributed by atoms with Gasteiger partial charge in [-0.3, -0.25) is 4.79 Å². The summed E-state index contributed by atoms with van der Waals surface area (Å²) in [6.45, 7) is 3.44. The second-order valence-corrected chi connectivity index (χ2v) is 6.08. The number of nitrogens with one attached hydrogen (secondary N) is 1. The van der Waals surface area contributed by atoms with Gasteiger partial charge in [0.15, 0.2) is 0 Å². The number of likely N-dealkylation sites (tertiary alicyclic amines) is 1. The molecule has 1 saturated heterocycles. The first-order valence-corrected chi connectivity index (χ1v) is 7.39. The molecule has 2 aliphatic rings. The van der Waals surface area contributed by atoms with Gasteiger partial charge < -0.3 is 15.3 Å². The number of carbonyl (C=O) groups is 2. The molecule has 0 radical (unpaired) electrons. The molecule has 1 fully saturated rings. The standard InChI is InChI=1S/C16H20N2O3/c1-10(15(19)20)13-8-18(9-13)16(21)17-7-12-6-11-4-2-3-5-14(11)12/h2-5,10,12-13H,6-9H2,1H3,(H,17,21)(H,19,20). The lowest BCUT2D eigenvalue weighted by atomic mass is 9.77. The van der Waals surface area contributed by atoms with E-state index < -0.39 is 5.97 Å². The number of hydrogen-bond acceptors (Lipinski definition) is 2. The van der Waals surface area contributed by atoms with Crippen LogP contribution in [0.3, 0.4) is 0 Å². The number of carboxylic acids is 1. The van der Waals surface area contributed by atoms with Crippen molar-refractivity contribution in [2.24, 2.45) is 11.8 Å². The van der Waals surface area contributed by atoms with E-state index in [9.17, 15) is 9.59 Å². The van der Waals surface area contributed by atoms with Crippen LogP contribution in [0.4, 0.5) is 4.79 Å². The summed E-state index contributed by atoms with van der Waals surface area (Å²) >= 11 is 0. The first kappa shape index (κ1) is 13.9. The minimum Gasteiger partial charge on any atom is -0.481 e. The second kappa shape index (κ2) is 5.39. The molecule has 0 saturated carbocycles. The number of aliphatic carboxylic acids is 1. The first-order chi connectivity index (χ1) is 10.1. The highest BCUT2D eigenvalue weighted by Gasteiger charge is 2.37. The Hall–Kier alpha value is -2.04. The highest BCUT2D eigenvalue weighted by molar-refractivity contribution is 5.76. The van der Waals surface area contributed by atoms with Gasteiger partial charge in [-0.1, -0.05) is 31.2 Å². The quantitative estimate of drug-likeness (QED) is 0.885. The molecular formula is C16H20N2O3. The SMILES string of the molecule is CC(C(=O)O)C1CN(C(=O)NCC2Cc3ccccc32)C1. The summed E-state index contributed by atoms with van der Waals surface area (Å²) in [6.07, 6.45) is 1.02. The Labute approximate surface area is 123 Å². The van der Waals surface area contributed by atoms with E-state index in [0.717, 1.165) is 6.42 Å². The lowest BCUT2D eigenvalue weighted by molar-refractivity contribution is -0.144. The minimum absolute atomic E-state index is 0.0757. The Bertz CT molecular complexity index is 566. The zero-order chi connectivity index (χ0) is 15.0. The van der Waals surface area contributed by atoms with E-state index in [1.165, 1.54) is 11.1 Å². The Morgan fingerprint density at radius 2 is 2.10 bits per heavy atom. The molecule has 0 aromatic heterocycles. The van der Waals surface area contributed by atoms with Gasteiger partial charge in [-0.2, -0.15) is 0 Å². The van der Waals surface area contributed by atoms with Gasteiger partial charge in [0.05, 0.1) is 5.92 Å². The minimum atomic E-state index is -0.786. The molecular weight excluding hydrogens is 268 g/mol. The van der Waals surface area contributed by atoms with Crippen LogP contribution in [0, 0.1) is 11.8 Å². The molecule has 5 heteroatoms. The monoisotopic (exact) mass is 288 g/mol. The van der Waals surface area contributed by atoms with Gasteiger partial charge in [0.25, 0.3) is 0 Å². The molecule has 0 bridgehead atoms. The summed E-state index contributed by atoms with van der Waals surface area (Å²) in [5.41, 5.74) is 2.70. The molecule has 1 aromatic rings. The van der Waals surface area contributed by atoms with E-state index in [0.29, 0.717) is 25.6 Å². The summed E-state index contributed by atoms with van der Waals surface area (Å²) in [5, 5.41) is 11.9. The fraction of sp³-hybridized carbons (Fsp3) is 0.500. The van der Waals surface area contributed by atoms with E-state index in [4.69, 9.17) is 5.11 Å². The zero-order valence-electron chi connectivity index (χ0n) is 12.1. The summed E-state index contributed by atoms with van der Waals surface area (Å²) in [6, 6.07) is 8.23. The maximum absolute atomic E-state index is 12.0. The Kier molecular flexibility index (Phi) is 3.57. The van der Waals surface area contributed by atoms with Crippen LogP contribution in [-0.4, -0.2) is 41.6 Å². The van der Waals surface area contributed by atoms with Crippen LogP contribution >= 0.6 is 0 Å². The molecule has 2 atom stereocenters. The van der Waals surface area contributed by atoms with Gasteiger partial charge in [-0.05, 0) is 17.5 Å². The molecule has 0 spiro atoms. The van der Waals surface area contributed by atoms with Crippen molar-refractivity contribution in [3.8, 4) is 0 Å². The number of rotatable bonds is 4. The molecule has 1 aliphatic heterocycles. The molecule has 1 heterocycles. The average Bonchev–Trinajstić information content (AvgIpc) is 2.37. The molecule has 3 rings (SSSR count). The number of nitrogens with zero attached hydrogens (tertiary/aromatic N) is 1. The van der Waals surface area contributed by atoms with Crippen LogP contribution in [-0.2, 0) is 11.2 Å². The molecule has 112 valence electrons. The largest absolute Gasteiger partial charge is 0.481 e. The maximum atomic E-state index is 12.0. The van der Waals surface area contributed by atoms with Crippen molar-refractivity contribution in [1.82, 2.24) is 10.2 Å². The molecule has 21 heavy (non-hydrogen) atoms. The predicted octanol–water partition coefficient (Wildman–Crippen LogP) is 1.69. The molecule has 1 aliphatic carbocycles. The van der Waals surface area contributed by atoms with Crippen molar-refractivity contribution >= 4 is 12.0 Å². The summed E-state index contributed by atoms with van der Waals surface area (Å²) in [5.74, 6) is -0.670. The Balaban J connectivity index is 1.42. The molecule has 2 N–H and O–H groups in total. The van der Waals surface area contributed by atoms with E-state index in [1.54, 1.807) is 11.8 Å². The van der Waals surface area contributed by atoms with E-state index in [-0.39, 0.29) is 17.9 Å². The normalized spacial score (nSPS) is 21.8. The van der Waals surface area contributed by atoms with Gasteiger partial charge in [-0.15, -0.1) is 0 Å². The lowest BCUT2D eigenvalue weighted by Crippen LogP contribution is -2.57. The van der Waals surface area contributed by atoms with Crippen LogP contribution in [0.15, 0.2) is 24.3 Å². The number of urea groups is 1. The third-order valence-electron chi connectivity index (χ3n) is 4.75. The van der Waals surface area contributed by atoms with Crippen molar-refractivity contribution in [3.05, 3.63) is 35.4 Å². The van der Waals surface area contributed by atoms with Crippen LogP contribution in [0.2, 0.25) is 0 Å². The highest BCUT2D eigenvalue weighted by atomic mass is 16.4. The third-order valence-corrected chi connectivity index (χ3v) is 4.75. The lowest BCUT2D eigenvalue weighted by Gasteiger charge is -2.41. The van der Waals surface area contributed by atoms with Gasteiger partial charge in [0, 0.05) is 31.5 Å². The van der Waals surface area contributed by atoms with Crippen molar-refractivity contribution in [2.75, 3.05) is 19.6 Å². The maximum Gasteiger partial charge on any atom is 0.317 e. The van der Waals surface area contributed by atoms with Gasteiger partial charge in [0.1, 0.15) is 0 Å².